The highest BCUT2D eigenvalue weighted by Crippen LogP contribution is 2.52. The lowest BCUT2D eigenvalue weighted by Crippen LogP contribution is -2.63. The number of phenols is 1. The maximum absolute atomic E-state index is 13.6. The molecule has 6 N–H and O–H groups in total. The van der Waals surface area contributed by atoms with Crippen LogP contribution in [0.2, 0.25) is 0 Å². The molecule has 4 atom stereocenters. The van der Waals surface area contributed by atoms with Crippen LogP contribution in [0.3, 0.4) is 0 Å². The summed E-state index contributed by atoms with van der Waals surface area (Å²) in [6, 6.07) is 1.71. The van der Waals surface area contributed by atoms with Crippen molar-refractivity contribution >= 4 is 29.5 Å². The number of hydrogen-bond donors (Lipinski definition) is 5. The molecule has 36 heavy (non-hydrogen) atoms. The monoisotopic (exact) mass is 498 g/mol. The summed E-state index contributed by atoms with van der Waals surface area (Å²) in [5.41, 5.74) is 2.24. The number of benzene rings is 1. The number of amides is 1. The van der Waals surface area contributed by atoms with Gasteiger partial charge in [0, 0.05) is 17.6 Å². The normalized spacial score (nSPS) is 27.8. The number of aromatic hydroxyl groups is 1. The summed E-state index contributed by atoms with van der Waals surface area (Å²) < 4.78 is 4.60. The van der Waals surface area contributed by atoms with E-state index >= 15 is 0 Å². The third-order valence-corrected chi connectivity index (χ3v) is 7.24. The van der Waals surface area contributed by atoms with Gasteiger partial charge in [-0.25, -0.2) is 4.79 Å². The van der Waals surface area contributed by atoms with Crippen molar-refractivity contribution in [1.82, 2.24) is 4.90 Å². The van der Waals surface area contributed by atoms with Crippen molar-refractivity contribution < 1.29 is 44.3 Å². The molecule has 1 aromatic rings. The van der Waals surface area contributed by atoms with Gasteiger partial charge in [-0.3, -0.25) is 19.3 Å². The van der Waals surface area contributed by atoms with Crippen LogP contribution >= 0.6 is 0 Å². The number of methoxy groups -OCH3 is 1. The summed E-state index contributed by atoms with van der Waals surface area (Å²) in [7, 11) is 4.33. The quantitative estimate of drug-likeness (QED) is 0.219. The highest BCUT2D eigenvalue weighted by atomic mass is 16.5. The molecule has 0 fully saturated rings. The van der Waals surface area contributed by atoms with Gasteiger partial charge in [-0.15, -0.1) is 0 Å². The number of allylic oxidation sites excluding steroid dienone is 1. The van der Waals surface area contributed by atoms with Crippen molar-refractivity contribution in [2.75, 3.05) is 21.2 Å². The van der Waals surface area contributed by atoms with Gasteiger partial charge in [-0.2, -0.15) is 0 Å². The number of ketones is 2. The van der Waals surface area contributed by atoms with Gasteiger partial charge in [-0.05, 0) is 56.1 Å². The molecule has 11 nitrogen and oxygen atoms in total. The molecule has 3 aliphatic rings. The largest absolute Gasteiger partial charge is 0.510 e. The maximum Gasteiger partial charge on any atom is 0.330 e. The van der Waals surface area contributed by atoms with Gasteiger partial charge in [0.05, 0.1) is 18.7 Å². The predicted molar refractivity (Wildman–Crippen MR) is 125 cm³/mol. The minimum atomic E-state index is -2.69. The van der Waals surface area contributed by atoms with E-state index in [1.54, 1.807) is 14.1 Å². The number of hydrogen-bond acceptors (Lipinski definition) is 10. The number of carbonyl (C=O) groups is 4. The van der Waals surface area contributed by atoms with Crippen LogP contribution in [-0.2, 0) is 25.5 Å². The molecule has 1 aromatic carbocycles. The molecule has 0 bridgehead atoms. The first-order chi connectivity index (χ1) is 16.9. The van der Waals surface area contributed by atoms with Gasteiger partial charge in [0.15, 0.2) is 11.4 Å². The zero-order valence-electron chi connectivity index (χ0n) is 19.8. The summed E-state index contributed by atoms with van der Waals surface area (Å²) in [4.78, 5) is 51.9. The molecule has 0 heterocycles. The number of Topliss-reactive ketones (excluding diaryl/α,β-unsaturated/α-hetero) is 2. The van der Waals surface area contributed by atoms with E-state index in [0.29, 0.717) is 11.1 Å². The fraction of sp³-hybridized carbons (Fsp3) is 0.360. The fourth-order valence-electron chi connectivity index (χ4n) is 5.66. The molecule has 0 aromatic heterocycles. The number of ether oxygens (including phenoxy) is 1. The number of rotatable bonds is 4. The van der Waals surface area contributed by atoms with Gasteiger partial charge in [0.25, 0.3) is 5.91 Å². The Bertz CT molecular complexity index is 1310. The number of likely N-dealkylation sites (N-methyl/N-ethyl adjacent to an activating group) is 1. The molecule has 0 radical (unpaired) electrons. The van der Waals surface area contributed by atoms with Crippen LogP contribution in [0.4, 0.5) is 0 Å². The minimum Gasteiger partial charge on any atom is -0.510 e. The number of aliphatic hydroxyl groups excluding tert-OH is 2. The number of phenolic OH excluding ortho intramolecular Hbond substituents is 1. The molecule has 4 rings (SSSR count). The van der Waals surface area contributed by atoms with Gasteiger partial charge >= 0.3 is 5.97 Å². The molecule has 1 amide bonds. The third kappa shape index (κ3) is 3.42. The lowest BCUT2D eigenvalue weighted by molar-refractivity contribution is -0.148. The number of nitrogens with two attached hydrogens (primary N) is 1. The van der Waals surface area contributed by atoms with Crippen LogP contribution in [0.15, 0.2) is 40.9 Å². The summed E-state index contributed by atoms with van der Waals surface area (Å²) in [6.45, 7) is 0. The Kier molecular flexibility index (Phi) is 6.01. The van der Waals surface area contributed by atoms with E-state index in [1.165, 1.54) is 30.2 Å². The van der Waals surface area contributed by atoms with Crippen molar-refractivity contribution in [3.05, 3.63) is 57.6 Å². The zero-order valence-corrected chi connectivity index (χ0v) is 19.8. The van der Waals surface area contributed by atoms with Gasteiger partial charge in [0.2, 0.25) is 5.78 Å². The first-order valence-electron chi connectivity index (χ1n) is 11.1. The molecule has 0 aliphatic heterocycles. The first kappa shape index (κ1) is 25.1. The summed E-state index contributed by atoms with van der Waals surface area (Å²) in [5.74, 6) is -7.77. The number of nitrogens with zero attached hydrogens (tertiary/aromatic N) is 1. The van der Waals surface area contributed by atoms with Crippen LogP contribution in [0.1, 0.15) is 27.9 Å². The molecule has 0 unspecified atom stereocenters. The third-order valence-electron chi connectivity index (χ3n) is 7.24. The summed E-state index contributed by atoms with van der Waals surface area (Å²) in [5, 5.41) is 44.1. The van der Waals surface area contributed by atoms with Crippen molar-refractivity contribution in [2.24, 2.45) is 17.6 Å². The lowest BCUT2D eigenvalue weighted by atomic mass is 9.58. The van der Waals surface area contributed by atoms with E-state index in [9.17, 15) is 39.6 Å². The topological polar surface area (TPSA) is 188 Å². The number of fused-ring (bicyclic) bond motifs is 3. The zero-order chi connectivity index (χ0) is 26.7. The highest BCUT2D eigenvalue weighted by Gasteiger charge is 2.63. The number of primary amides is 1. The molecule has 0 saturated heterocycles. The van der Waals surface area contributed by atoms with Gasteiger partial charge < -0.3 is 30.9 Å². The van der Waals surface area contributed by atoms with Crippen molar-refractivity contribution in [1.29, 1.82) is 0 Å². The molecular formula is C25H26N2O9. The average molecular weight is 498 g/mol. The summed E-state index contributed by atoms with van der Waals surface area (Å²) >= 11 is 0. The van der Waals surface area contributed by atoms with Crippen LogP contribution in [-0.4, -0.2) is 81.6 Å². The Labute approximate surface area is 205 Å². The van der Waals surface area contributed by atoms with Crippen molar-refractivity contribution in [3.63, 3.8) is 0 Å². The average Bonchev–Trinajstić information content (AvgIpc) is 2.80. The van der Waals surface area contributed by atoms with E-state index in [-0.39, 0.29) is 29.7 Å². The highest BCUT2D eigenvalue weighted by molar-refractivity contribution is 6.24. The number of esters is 1. The first-order valence-corrected chi connectivity index (χ1v) is 11.1. The van der Waals surface area contributed by atoms with E-state index < -0.39 is 64.0 Å². The Hall–Kier alpha value is -3.96. The van der Waals surface area contributed by atoms with Crippen LogP contribution in [0, 0.1) is 11.8 Å². The second-order valence-corrected chi connectivity index (χ2v) is 9.35. The molecule has 0 saturated carbocycles. The van der Waals surface area contributed by atoms with Crippen LogP contribution in [0.25, 0.3) is 6.08 Å². The SMILES string of the molecule is COC(=O)/C=C/c1ccc(O)c2c1C[C@H]1C[C@H]3[C@@H](N(C)C)C(O)=C(C(N)=O)C(=O)[C@@]3(O)C(O)=C1C2=O. The maximum atomic E-state index is 13.6. The fourth-order valence-corrected chi connectivity index (χ4v) is 5.66. The van der Waals surface area contributed by atoms with Crippen LogP contribution in [0.5, 0.6) is 5.75 Å². The molecule has 11 heteroatoms. The second-order valence-electron chi connectivity index (χ2n) is 9.35. The lowest BCUT2D eigenvalue weighted by Gasteiger charge is -2.50. The Morgan fingerprint density at radius 2 is 1.86 bits per heavy atom. The van der Waals surface area contributed by atoms with Crippen LogP contribution < -0.4 is 5.73 Å². The van der Waals surface area contributed by atoms with E-state index in [0.717, 1.165) is 6.08 Å². The van der Waals surface area contributed by atoms with Crippen molar-refractivity contribution in [3.8, 4) is 5.75 Å². The Balaban J connectivity index is 1.92. The minimum absolute atomic E-state index is 0.0262. The second kappa shape index (κ2) is 8.61. The molecule has 0 spiro atoms. The Morgan fingerprint density at radius 1 is 1.19 bits per heavy atom. The molecule has 190 valence electrons. The van der Waals surface area contributed by atoms with E-state index in [2.05, 4.69) is 4.74 Å². The smallest absolute Gasteiger partial charge is 0.330 e. The molecular weight excluding hydrogens is 472 g/mol. The molecule has 3 aliphatic carbocycles. The van der Waals surface area contributed by atoms with E-state index in [4.69, 9.17) is 5.73 Å². The number of aliphatic hydroxyl groups is 3. The van der Waals surface area contributed by atoms with Crippen molar-refractivity contribution in [2.45, 2.75) is 24.5 Å². The Morgan fingerprint density at radius 3 is 2.44 bits per heavy atom. The van der Waals surface area contributed by atoms with Gasteiger partial charge in [-0.1, -0.05) is 6.07 Å². The predicted octanol–water partition coefficient (Wildman–Crippen LogP) is 0.307. The van der Waals surface area contributed by atoms with Gasteiger partial charge in [0.1, 0.15) is 22.8 Å². The number of carbonyl (C=O) groups excluding carboxylic acids is 4. The van der Waals surface area contributed by atoms with E-state index in [1.807, 2.05) is 0 Å². The standard InChI is InChI=1S/C25H26N2O9/c1-27(2)19-13-9-11-8-12-10(5-7-15(29)36-3)4-6-14(28)17(12)20(30)16(11)22(32)25(13,35)23(33)18(21(19)31)24(26)34/h4-7,11,13,19,28,31-32,35H,8-9H2,1-3H3,(H2,26,34)/b7-5+/t11-,13-,19+,25-/m0/s1. The summed E-state index contributed by atoms with van der Waals surface area (Å²) in [6.07, 6.45) is 2.69.